The lowest BCUT2D eigenvalue weighted by molar-refractivity contribution is 0.0949. The van der Waals surface area contributed by atoms with Gasteiger partial charge in [-0.1, -0.05) is 18.2 Å². The van der Waals surface area contributed by atoms with Gasteiger partial charge in [-0.25, -0.2) is 15.4 Å². The van der Waals surface area contributed by atoms with Gasteiger partial charge in [-0.2, -0.15) is 0 Å². The van der Waals surface area contributed by atoms with Gasteiger partial charge in [0.05, 0.1) is 11.8 Å². The van der Waals surface area contributed by atoms with Gasteiger partial charge in [-0.15, -0.1) is 0 Å². The van der Waals surface area contributed by atoms with E-state index in [0.717, 1.165) is 16.7 Å². The van der Waals surface area contributed by atoms with Crippen LogP contribution in [0.25, 0.3) is 11.3 Å². The van der Waals surface area contributed by atoms with E-state index < -0.39 is 0 Å². The van der Waals surface area contributed by atoms with Crippen molar-refractivity contribution in [3.63, 3.8) is 0 Å². The van der Waals surface area contributed by atoms with Gasteiger partial charge in [0, 0.05) is 24.5 Å². The molecule has 0 fully saturated rings. The van der Waals surface area contributed by atoms with E-state index in [9.17, 15) is 9.90 Å². The van der Waals surface area contributed by atoms with Crippen LogP contribution in [-0.2, 0) is 11.3 Å². The number of aromatic amines is 1. The van der Waals surface area contributed by atoms with E-state index in [2.05, 4.69) is 25.7 Å². The van der Waals surface area contributed by atoms with Crippen molar-refractivity contribution < 1.29 is 14.7 Å². The van der Waals surface area contributed by atoms with E-state index in [4.69, 9.17) is 4.84 Å². The number of amides is 1. The highest BCUT2D eigenvalue weighted by atomic mass is 16.7. The van der Waals surface area contributed by atoms with E-state index in [1.54, 1.807) is 30.6 Å². The quantitative estimate of drug-likeness (QED) is 0.436. The summed E-state index contributed by atoms with van der Waals surface area (Å²) in [7, 11) is 0. The molecule has 4 N–H and O–H groups in total. The third-order valence-electron chi connectivity index (χ3n) is 4.23. The van der Waals surface area contributed by atoms with Crippen molar-refractivity contribution in [2.75, 3.05) is 12.0 Å². The fourth-order valence-electron chi connectivity index (χ4n) is 2.74. The van der Waals surface area contributed by atoms with Gasteiger partial charge < -0.3 is 15.4 Å². The number of anilines is 1. The fourth-order valence-corrected chi connectivity index (χ4v) is 2.74. The van der Waals surface area contributed by atoms with Gasteiger partial charge in [0.2, 0.25) is 5.95 Å². The second kappa shape index (κ2) is 9.20. The standard InChI is InChI=1S/C21H25N5O3/c1-13(2)29-26-21-24-11-14(3)19(25-21)16-10-17(23-12-16)20(28)22-9-8-15-6-4-5-7-18(15)27/h4-7,10-13,23,27H,8-9H2,1-3H3,(H,22,28)(H,24,25,26). The van der Waals surface area contributed by atoms with E-state index in [1.807, 2.05) is 32.9 Å². The summed E-state index contributed by atoms with van der Waals surface area (Å²) in [5.41, 5.74) is 6.32. The van der Waals surface area contributed by atoms with Gasteiger partial charge in [0.1, 0.15) is 11.4 Å². The molecule has 8 heteroatoms. The fraction of sp³-hybridized carbons (Fsp3) is 0.286. The molecular weight excluding hydrogens is 370 g/mol. The Bertz CT molecular complexity index is 984. The molecule has 2 heterocycles. The van der Waals surface area contributed by atoms with Gasteiger partial charge >= 0.3 is 0 Å². The third kappa shape index (κ3) is 5.32. The molecule has 1 aromatic carbocycles. The number of carbonyl (C=O) groups is 1. The summed E-state index contributed by atoms with van der Waals surface area (Å²) in [6.07, 6.45) is 3.97. The van der Waals surface area contributed by atoms with Crippen molar-refractivity contribution in [3.8, 4) is 17.0 Å². The number of para-hydroxylation sites is 1. The summed E-state index contributed by atoms with van der Waals surface area (Å²) in [4.78, 5) is 29.4. The Hall–Kier alpha value is -3.39. The molecule has 8 nitrogen and oxygen atoms in total. The third-order valence-corrected chi connectivity index (χ3v) is 4.23. The molecule has 0 saturated heterocycles. The number of aryl methyl sites for hydroxylation is 1. The predicted octanol–water partition coefficient (Wildman–Crippen LogP) is 3.21. The zero-order valence-electron chi connectivity index (χ0n) is 16.7. The van der Waals surface area contributed by atoms with Crippen molar-refractivity contribution in [1.82, 2.24) is 20.3 Å². The maximum atomic E-state index is 12.4. The molecule has 3 rings (SSSR count). The molecule has 1 amide bonds. The molecule has 0 aliphatic heterocycles. The summed E-state index contributed by atoms with van der Waals surface area (Å²) in [5, 5.41) is 12.6. The number of nitrogens with zero attached hydrogens (tertiary/aromatic N) is 2. The van der Waals surface area contributed by atoms with Crippen LogP contribution < -0.4 is 10.8 Å². The molecule has 0 spiro atoms. The van der Waals surface area contributed by atoms with Crippen LogP contribution in [0.3, 0.4) is 0 Å². The Morgan fingerprint density at radius 1 is 1.31 bits per heavy atom. The lowest BCUT2D eigenvalue weighted by Crippen LogP contribution is -2.25. The molecule has 0 saturated carbocycles. The maximum Gasteiger partial charge on any atom is 0.267 e. The van der Waals surface area contributed by atoms with Crippen molar-refractivity contribution in [3.05, 3.63) is 59.5 Å². The van der Waals surface area contributed by atoms with Gasteiger partial charge in [-0.05, 0) is 50.5 Å². The highest BCUT2D eigenvalue weighted by Gasteiger charge is 2.13. The predicted molar refractivity (Wildman–Crippen MR) is 111 cm³/mol. The van der Waals surface area contributed by atoms with E-state index >= 15 is 0 Å². The van der Waals surface area contributed by atoms with E-state index in [-0.39, 0.29) is 17.8 Å². The second-order valence-electron chi connectivity index (χ2n) is 6.93. The highest BCUT2D eigenvalue weighted by molar-refractivity contribution is 5.93. The number of nitrogens with one attached hydrogen (secondary N) is 3. The minimum atomic E-state index is -0.222. The summed E-state index contributed by atoms with van der Waals surface area (Å²) in [6, 6.07) is 8.84. The zero-order chi connectivity index (χ0) is 20.8. The first-order chi connectivity index (χ1) is 13.9. The van der Waals surface area contributed by atoms with Gasteiger partial charge in [0.15, 0.2) is 0 Å². The average Bonchev–Trinajstić information content (AvgIpc) is 3.19. The van der Waals surface area contributed by atoms with Crippen molar-refractivity contribution >= 4 is 11.9 Å². The van der Waals surface area contributed by atoms with Crippen LogP contribution in [0.15, 0.2) is 42.7 Å². The molecule has 0 aliphatic carbocycles. The Morgan fingerprint density at radius 2 is 2.10 bits per heavy atom. The summed E-state index contributed by atoms with van der Waals surface area (Å²) in [5.74, 6) is 0.364. The number of rotatable bonds is 8. The molecule has 0 aliphatic rings. The Labute approximate surface area is 169 Å². The summed E-state index contributed by atoms with van der Waals surface area (Å²) < 4.78 is 0. The second-order valence-corrected chi connectivity index (χ2v) is 6.93. The number of hydrogen-bond donors (Lipinski definition) is 4. The topological polar surface area (TPSA) is 112 Å². The molecule has 0 unspecified atom stereocenters. The van der Waals surface area contributed by atoms with Gasteiger partial charge in [0.25, 0.3) is 5.91 Å². The van der Waals surface area contributed by atoms with Crippen LogP contribution >= 0.6 is 0 Å². The first-order valence-electron chi connectivity index (χ1n) is 9.43. The molecule has 2 aromatic heterocycles. The zero-order valence-corrected chi connectivity index (χ0v) is 16.7. The molecule has 0 radical (unpaired) electrons. The van der Waals surface area contributed by atoms with Crippen LogP contribution in [-0.4, -0.2) is 38.6 Å². The average molecular weight is 395 g/mol. The van der Waals surface area contributed by atoms with E-state index in [0.29, 0.717) is 30.3 Å². The minimum absolute atomic E-state index is 0.0105. The first kappa shape index (κ1) is 20.3. The number of aromatic hydroxyl groups is 1. The molecule has 3 aromatic rings. The van der Waals surface area contributed by atoms with Crippen LogP contribution in [0.4, 0.5) is 5.95 Å². The lowest BCUT2D eigenvalue weighted by atomic mass is 10.1. The Morgan fingerprint density at radius 3 is 2.86 bits per heavy atom. The number of H-pyrrole nitrogens is 1. The molecular formula is C21H25N5O3. The van der Waals surface area contributed by atoms with Crippen LogP contribution in [0.5, 0.6) is 5.75 Å². The normalized spacial score (nSPS) is 10.9. The summed E-state index contributed by atoms with van der Waals surface area (Å²) in [6.45, 7) is 6.12. The lowest BCUT2D eigenvalue weighted by Gasteiger charge is -2.10. The Kier molecular flexibility index (Phi) is 6.46. The summed E-state index contributed by atoms with van der Waals surface area (Å²) >= 11 is 0. The van der Waals surface area contributed by atoms with Crippen molar-refractivity contribution in [1.29, 1.82) is 0 Å². The monoisotopic (exact) mass is 395 g/mol. The number of carbonyl (C=O) groups excluding carboxylic acids is 1. The van der Waals surface area contributed by atoms with Gasteiger partial charge in [-0.3, -0.25) is 9.63 Å². The molecule has 29 heavy (non-hydrogen) atoms. The largest absolute Gasteiger partial charge is 0.508 e. The van der Waals surface area contributed by atoms with Crippen LogP contribution in [0.2, 0.25) is 0 Å². The van der Waals surface area contributed by atoms with E-state index in [1.165, 1.54) is 0 Å². The van der Waals surface area contributed by atoms with Crippen molar-refractivity contribution in [2.45, 2.75) is 33.3 Å². The number of phenols is 1. The molecule has 0 atom stereocenters. The highest BCUT2D eigenvalue weighted by Crippen LogP contribution is 2.23. The number of benzene rings is 1. The number of hydrogen-bond acceptors (Lipinski definition) is 6. The maximum absolute atomic E-state index is 12.4. The minimum Gasteiger partial charge on any atom is -0.508 e. The van der Waals surface area contributed by atoms with Crippen LogP contribution in [0, 0.1) is 6.92 Å². The number of phenolic OH excluding ortho intramolecular Hbond substituents is 1. The molecule has 152 valence electrons. The number of aromatic nitrogens is 3. The SMILES string of the molecule is Cc1cnc(NOC(C)C)nc1-c1c[nH]c(C(=O)NCCc2ccccc2O)c1. The van der Waals surface area contributed by atoms with Crippen LogP contribution in [0.1, 0.15) is 35.5 Å². The Balaban J connectivity index is 1.64. The first-order valence-corrected chi connectivity index (χ1v) is 9.43. The van der Waals surface area contributed by atoms with Crippen molar-refractivity contribution in [2.24, 2.45) is 0 Å². The smallest absolute Gasteiger partial charge is 0.267 e. The molecule has 0 bridgehead atoms.